The first-order valence-electron chi connectivity index (χ1n) is 5.61. The van der Waals surface area contributed by atoms with E-state index in [0.717, 1.165) is 8.95 Å². The van der Waals surface area contributed by atoms with Crippen LogP contribution in [0.1, 0.15) is 10.4 Å². The molecule has 2 aromatic rings. The number of halogens is 3. The number of hydrogen-bond donors (Lipinski definition) is 1. The van der Waals surface area contributed by atoms with Gasteiger partial charge in [0.15, 0.2) is 0 Å². The highest BCUT2D eigenvalue weighted by Gasteiger charge is 2.13. The molecule has 0 aliphatic rings. The van der Waals surface area contributed by atoms with Gasteiger partial charge in [0.2, 0.25) is 0 Å². The summed E-state index contributed by atoms with van der Waals surface area (Å²) in [7, 11) is 1.55. The van der Waals surface area contributed by atoms with Gasteiger partial charge in [-0.05, 0) is 36.4 Å². The Morgan fingerprint density at radius 1 is 1.15 bits per heavy atom. The van der Waals surface area contributed by atoms with E-state index in [-0.39, 0.29) is 5.91 Å². The van der Waals surface area contributed by atoms with E-state index in [1.165, 1.54) is 0 Å². The zero-order chi connectivity index (χ0) is 14.7. The number of methoxy groups -OCH3 is 1. The molecule has 0 radical (unpaired) electrons. The number of rotatable bonds is 3. The molecule has 1 amide bonds. The Morgan fingerprint density at radius 3 is 2.45 bits per heavy atom. The Kier molecular flexibility index (Phi) is 5.07. The lowest BCUT2D eigenvalue weighted by molar-refractivity contribution is 0.102. The van der Waals surface area contributed by atoms with Crippen molar-refractivity contribution in [2.45, 2.75) is 0 Å². The van der Waals surface area contributed by atoms with Crippen LogP contribution in [0.5, 0.6) is 5.75 Å². The molecule has 0 saturated carbocycles. The van der Waals surface area contributed by atoms with E-state index in [1.54, 1.807) is 37.4 Å². The maximum atomic E-state index is 12.2. The first-order valence-corrected chi connectivity index (χ1v) is 7.57. The number of hydrogen-bond acceptors (Lipinski definition) is 2. The van der Waals surface area contributed by atoms with E-state index in [1.807, 2.05) is 6.07 Å². The first kappa shape index (κ1) is 15.4. The number of benzene rings is 2. The molecule has 3 nitrogen and oxygen atoms in total. The van der Waals surface area contributed by atoms with Crippen LogP contribution >= 0.6 is 43.5 Å². The van der Waals surface area contributed by atoms with Crippen LogP contribution in [0.2, 0.25) is 5.02 Å². The minimum atomic E-state index is -0.293. The molecule has 0 aromatic heterocycles. The molecule has 0 aliphatic heterocycles. The predicted octanol–water partition coefficient (Wildman–Crippen LogP) is 5.13. The number of amides is 1. The molecule has 0 spiro atoms. The fourth-order valence-electron chi connectivity index (χ4n) is 1.64. The predicted molar refractivity (Wildman–Crippen MR) is 87.8 cm³/mol. The van der Waals surface area contributed by atoms with Crippen molar-refractivity contribution in [3.8, 4) is 5.75 Å². The van der Waals surface area contributed by atoms with Crippen molar-refractivity contribution in [1.29, 1.82) is 0 Å². The molecule has 0 unspecified atom stereocenters. The van der Waals surface area contributed by atoms with Crippen LogP contribution in [0.4, 0.5) is 5.69 Å². The third kappa shape index (κ3) is 3.53. The largest absolute Gasteiger partial charge is 0.495 e. The summed E-state index contributed by atoms with van der Waals surface area (Å²) in [5.41, 5.74) is 0.975. The second-order valence-corrected chi connectivity index (χ2v) is 6.16. The topological polar surface area (TPSA) is 38.3 Å². The van der Waals surface area contributed by atoms with Gasteiger partial charge in [-0.15, -0.1) is 0 Å². The molecule has 0 atom stereocenters. The Balaban J connectivity index is 2.30. The second kappa shape index (κ2) is 6.61. The molecule has 0 bridgehead atoms. The number of carbonyl (C=O) groups is 1. The summed E-state index contributed by atoms with van der Waals surface area (Å²) in [6.07, 6.45) is 0. The zero-order valence-electron chi connectivity index (χ0n) is 10.4. The molecule has 0 heterocycles. The lowest BCUT2D eigenvalue weighted by atomic mass is 10.2. The van der Waals surface area contributed by atoms with Crippen LogP contribution in [-0.4, -0.2) is 13.0 Å². The smallest absolute Gasteiger partial charge is 0.257 e. The third-order valence-corrected chi connectivity index (χ3v) is 3.88. The Labute approximate surface area is 138 Å². The second-order valence-electron chi connectivity index (χ2n) is 3.92. The molecule has 0 saturated heterocycles. The summed E-state index contributed by atoms with van der Waals surface area (Å²) in [4.78, 5) is 12.2. The molecular weight excluding hydrogens is 409 g/mol. The first-order chi connectivity index (χ1) is 9.51. The minimum Gasteiger partial charge on any atom is -0.495 e. The molecule has 0 aliphatic carbocycles. The monoisotopic (exact) mass is 417 g/mol. The zero-order valence-corrected chi connectivity index (χ0v) is 14.3. The van der Waals surface area contributed by atoms with Gasteiger partial charge in [-0.1, -0.05) is 43.5 Å². The van der Waals surface area contributed by atoms with Crippen LogP contribution in [0.15, 0.2) is 45.3 Å². The van der Waals surface area contributed by atoms with Crippen molar-refractivity contribution < 1.29 is 9.53 Å². The molecule has 2 rings (SSSR count). The fraction of sp³-hybridized carbons (Fsp3) is 0.0714. The lowest BCUT2D eigenvalue weighted by Crippen LogP contribution is -2.13. The highest BCUT2D eigenvalue weighted by atomic mass is 79.9. The van der Waals surface area contributed by atoms with Crippen LogP contribution < -0.4 is 10.1 Å². The quantitative estimate of drug-likeness (QED) is 0.749. The van der Waals surface area contributed by atoms with Gasteiger partial charge in [0.25, 0.3) is 5.91 Å². The van der Waals surface area contributed by atoms with Gasteiger partial charge in [0, 0.05) is 8.95 Å². The molecular formula is C14H10Br2ClNO2. The van der Waals surface area contributed by atoms with E-state index >= 15 is 0 Å². The van der Waals surface area contributed by atoms with E-state index in [4.69, 9.17) is 16.3 Å². The summed E-state index contributed by atoms with van der Waals surface area (Å²) >= 11 is 12.7. The van der Waals surface area contributed by atoms with Crippen LogP contribution in [0.3, 0.4) is 0 Å². The van der Waals surface area contributed by atoms with Gasteiger partial charge in [-0.2, -0.15) is 0 Å². The van der Waals surface area contributed by atoms with Crippen molar-refractivity contribution in [2.75, 3.05) is 12.4 Å². The molecule has 1 N–H and O–H groups in total. The third-order valence-electron chi connectivity index (χ3n) is 2.59. The highest BCUT2D eigenvalue weighted by molar-refractivity contribution is 9.10. The van der Waals surface area contributed by atoms with Crippen molar-refractivity contribution in [1.82, 2.24) is 0 Å². The van der Waals surface area contributed by atoms with Crippen molar-refractivity contribution in [2.24, 2.45) is 0 Å². The van der Waals surface area contributed by atoms with E-state index in [9.17, 15) is 4.79 Å². The van der Waals surface area contributed by atoms with Gasteiger partial charge in [0.05, 0.1) is 23.4 Å². The van der Waals surface area contributed by atoms with E-state index in [0.29, 0.717) is 22.0 Å². The van der Waals surface area contributed by atoms with Crippen LogP contribution in [0.25, 0.3) is 0 Å². The van der Waals surface area contributed by atoms with Gasteiger partial charge in [0.1, 0.15) is 5.75 Å². The molecule has 104 valence electrons. The normalized spacial score (nSPS) is 10.2. The maximum absolute atomic E-state index is 12.2. The van der Waals surface area contributed by atoms with Gasteiger partial charge in [-0.25, -0.2) is 0 Å². The highest BCUT2D eigenvalue weighted by Crippen LogP contribution is 2.29. The van der Waals surface area contributed by atoms with Crippen molar-refractivity contribution >= 4 is 55.1 Å². The Hall–Kier alpha value is -1.04. The number of anilines is 1. The SMILES string of the molecule is COc1ccc(Br)cc1NC(=O)c1ccc(Br)cc1Cl. The Morgan fingerprint density at radius 2 is 1.80 bits per heavy atom. The van der Waals surface area contributed by atoms with Gasteiger partial charge >= 0.3 is 0 Å². The molecule has 20 heavy (non-hydrogen) atoms. The minimum absolute atomic E-state index is 0.293. The van der Waals surface area contributed by atoms with E-state index in [2.05, 4.69) is 37.2 Å². The maximum Gasteiger partial charge on any atom is 0.257 e. The average Bonchev–Trinajstić information content (AvgIpc) is 2.38. The van der Waals surface area contributed by atoms with Gasteiger partial charge in [-0.3, -0.25) is 4.79 Å². The standard InChI is InChI=1S/C14H10Br2ClNO2/c1-20-13-5-3-9(16)7-12(13)18-14(19)10-4-2-8(15)6-11(10)17/h2-7H,1H3,(H,18,19). The number of carbonyl (C=O) groups excluding carboxylic acids is 1. The fourth-order valence-corrected chi connectivity index (χ4v) is 2.76. The number of nitrogens with one attached hydrogen (secondary N) is 1. The van der Waals surface area contributed by atoms with Crippen molar-refractivity contribution in [3.63, 3.8) is 0 Å². The van der Waals surface area contributed by atoms with Crippen LogP contribution in [-0.2, 0) is 0 Å². The van der Waals surface area contributed by atoms with Crippen LogP contribution in [0, 0.1) is 0 Å². The van der Waals surface area contributed by atoms with E-state index < -0.39 is 0 Å². The van der Waals surface area contributed by atoms with Crippen molar-refractivity contribution in [3.05, 3.63) is 55.9 Å². The molecule has 0 fully saturated rings. The lowest BCUT2D eigenvalue weighted by Gasteiger charge is -2.11. The summed E-state index contributed by atoms with van der Waals surface area (Å²) < 4.78 is 6.87. The molecule has 2 aromatic carbocycles. The van der Waals surface area contributed by atoms with Gasteiger partial charge < -0.3 is 10.1 Å². The summed E-state index contributed by atoms with van der Waals surface area (Å²) in [5.74, 6) is 0.286. The summed E-state index contributed by atoms with van der Waals surface area (Å²) in [6.45, 7) is 0. The molecule has 6 heteroatoms. The summed E-state index contributed by atoms with van der Waals surface area (Å²) in [6, 6.07) is 10.5. The average molecular weight is 420 g/mol. The number of ether oxygens (including phenoxy) is 1. The Bertz CT molecular complexity index is 662. The summed E-state index contributed by atoms with van der Waals surface area (Å²) in [5, 5.41) is 3.17.